The van der Waals surface area contributed by atoms with E-state index in [2.05, 4.69) is 42.3 Å². The molecule has 0 saturated carbocycles. The largest absolute Gasteiger partial charge is 0.256 e. The molecule has 0 aliphatic rings. The van der Waals surface area contributed by atoms with Crippen molar-refractivity contribution in [3.8, 4) is 0 Å². The lowest BCUT2D eigenvalue weighted by Gasteiger charge is -2.07. The number of nitrogens with zero attached hydrogens (tertiary/aromatic N) is 2. The third kappa shape index (κ3) is 18.2. The van der Waals surface area contributed by atoms with Crippen LogP contribution in [0.1, 0.15) is 181 Å². The molecule has 0 unspecified atom stereocenters. The Hall–Kier alpha value is -0.790. The third-order valence-corrected chi connectivity index (χ3v) is 7.85. The summed E-state index contributed by atoms with van der Waals surface area (Å²) < 4.78 is 5.20. The lowest BCUT2D eigenvalue weighted by Crippen LogP contribution is -2.37. The van der Waals surface area contributed by atoms with Crippen molar-refractivity contribution in [2.24, 2.45) is 0 Å². The predicted molar refractivity (Wildman–Crippen MR) is 156 cm³/mol. The van der Waals surface area contributed by atoms with Gasteiger partial charge in [0.25, 0.3) is 5.82 Å². The van der Waals surface area contributed by atoms with E-state index in [1.807, 2.05) is 0 Å². The normalized spacial score (nSPS) is 11.5. The van der Waals surface area contributed by atoms with E-state index in [0.29, 0.717) is 0 Å². The second-order valence-corrected chi connectivity index (χ2v) is 11.3. The summed E-state index contributed by atoms with van der Waals surface area (Å²) in [6, 6.07) is 0. The molecule has 0 radical (unpaired) electrons. The summed E-state index contributed by atoms with van der Waals surface area (Å²) in [4.78, 5) is 0. The molecule has 0 atom stereocenters. The van der Waals surface area contributed by atoms with Crippen molar-refractivity contribution in [2.45, 2.75) is 194 Å². The van der Waals surface area contributed by atoms with Gasteiger partial charge in [0.1, 0.15) is 12.4 Å². The minimum atomic E-state index is 1.23. The summed E-state index contributed by atoms with van der Waals surface area (Å²) in [5.41, 5.74) is 0. The molecule has 1 heterocycles. The zero-order chi connectivity index (χ0) is 25.2. The average molecular weight is 490 g/mol. The first-order valence-corrected chi connectivity index (χ1v) is 16.4. The van der Waals surface area contributed by atoms with Crippen LogP contribution in [0.3, 0.4) is 0 Å². The summed E-state index contributed by atoms with van der Waals surface area (Å²) in [5, 5.41) is 0. The second kappa shape index (κ2) is 24.9. The first kappa shape index (κ1) is 32.2. The number of unbranched alkanes of at least 4 members (excludes halogenated alkanes) is 21. The van der Waals surface area contributed by atoms with Gasteiger partial charge in [0.15, 0.2) is 0 Å². The van der Waals surface area contributed by atoms with Gasteiger partial charge in [-0.05, 0) is 32.1 Å². The highest BCUT2D eigenvalue weighted by atomic mass is 15.1. The van der Waals surface area contributed by atoms with Crippen molar-refractivity contribution in [3.63, 3.8) is 0 Å². The van der Waals surface area contributed by atoms with Gasteiger partial charge in [-0.1, -0.05) is 143 Å². The van der Waals surface area contributed by atoms with Gasteiger partial charge >= 0.3 is 0 Å². The van der Waals surface area contributed by atoms with Crippen LogP contribution in [0.4, 0.5) is 0 Å². The van der Waals surface area contributed by atoms with E-state index in [4.69, 9.17) is 0 Å². The molecule has 0 N–H and O–H groups in total. The average Bonchev–Trinajstić information content (AvgIpc) is 3.25. The number of hydrogen-bond acceptors (Lipinski definition) is 0. The highest BCUT2D eigenvalue weighted by molar-refractivity contribution is 4.84. The molecule has 0 spiro atoms. The van der Waals surface area contributed by atoms with Gasteiger partial charge in [0.2, 0.25) is 0 Å². The minimum Gasteiger partial charge on any atom is -0.234 e. The van der Waals surface area contributed by atoms with Crippen LogP contribution in [0.5, 0.6) is 0 Å². The van der Waals surface area contributed by atoms with Gasteiger partial charge in [-0.3, -0.25) is 0 Å². The summed E-state index contributed by atoms with van der Waals surface area (Å²) in [6.07, 6.45) is 40.0. The molecule has 0 aliphatic heterocycles. The monoisotopic (exact) mass is 490 g/mol. The van der Waals surface area contributed by atoms with Crippen LogP contribution >= 0.6 is 0 Å². The maximum atomic E-state index is 2.60. The van der Waals surface area contributed by atoms with E-state index < -0.39 is 0 Å². The molecule has 0 aliphatic carbocycles. The van der Waals surface area contributed by atoms with Gasteiger partial charge in [-0.2, -0.15) is 0 Å². The highest BCUT2D eigenvalue weighted by Gasteiger charge is 2.16. The van der Waals surface area contributed by atoms with Gasteiger partial charge in [0, 0.05) is 6.42 Å². The Morgan fingerprint density at radius 1 is 0.486 bits per heavy atom. The Morgan fingerprint density at radius 3 is 1.37 bits per heavy atom. The number of rotatable bonds is 27. The van der Waals surface area contributed by atoms with E-state index in [0.717, 1.165) is 0 Å². The van der Waals surface area contributed by atoms with E-state index in [9.17, 15) is 0 Å². The molecule has 0 aromatic carbocycles. The molecule has 0 saturated heterocycles. The van der Waals surface area contributed by atoms with Crippen molar-refractivity contribution in [3.05, 3.63) is 18.2 Å². The number of aryl methyl sites for hydroxylation is 2. The van der Waals surface area contributed by atoms with Gasteiger partial charge < -0.3 is 0 Å². The molecule has 1 aromatic rings. The van der Waals surface area contributed by atoms with Crippen molar-refractivity contribution in [2.75, 3.05) is 0 Å². The summed E-state index contributed by atoms with van der Waals surface area (Å²) in [7, 11) is 0. The molecule has 2 heteroatoms. The number of aromatic nitrogens is 2. The molecule has 0 fully saturated rings. The van der Waals surface area contributed by atoms with Gasteiger partial charge in [-0.25, -0.2) is 9.13 Å². The minimum absolute atomic E-state index is 1.23. The Labute approximate surface area is 221 Å². The lowest BCUT2D eigenvalue weighted by atomic mass is 10.1. The Bertz CT molecular complexity index is 547. The Kier molecular flexibility index (Phi) is 22.9. The van der Waals surface area contributed by atoms with Crippen LogP contribution in [0, 0.1) is 0 Å². The van der Waals surface area contributed by atoms with Crippen LogP contribution in [0.15, 0.2) is 12.4 Å². The first-order valence-electron chi connectivity index (χ1n) is 16.4. The fourth-order valence-electron chi connectivity index (χ4n) is 5.44. The zero-order valence-electron chi connectivity index (χ0n) is 24.6. The topological polar surface area (TPSA) is 8.81 Å². The fourth-order valence-corrected chi connectivity index (χ4v) is 5.44. The van der Waals surface area contributed by atoms with Crippen molar-refractivity contribution < 1.29 is 4.57 Å². The maximum Gasteiger partial charge on any atom is 0.256 e. The quantitative estimate of drug-likeness (QED) is 0.0858. The summed E-state index contributed by atoms with van der Waals surface area (Å²) >= 11 is 0. The van der Waals surface area contributed by atoms with E-state index >= 15 is 0 Å². The standard InChI is InChI=1S/C33H65N2/c1-4-7-10-13-15-17-18-19-20-22-24-27-30-35-32-31-34(33(35)28-25-12-9-6-3)29-26-23-21-16-14-11-8-5-2/h31-32H,4-30H2,1-3H3/q+1. The summed E-state index contributed by atoms with van der Waals surface area (Å²) in [5.74, 6) is 1.60. The third-order valence-electron chi connectivity index (χ3n) is 7.85. The van der Waals surface area contributed by atoms with Gasteiger partial charge in [0.05, 0.1) is 13.1 Å². The number of imidazole rings is 1. The highest BCUT2D eigenvalue weighted by Crippen LogP contribution is 2.13. The van der Waals surface area contributed by atoms with E-state index in [1.54, 1.807) is 5.82 Å². The van der Waals surface area contributed by atoms with Crippen LogP contribution in [0.25, 0.3) is 0 Å². The molecular weight excluding hydrogens is 424 g/mol. The van der Waals surface area contributed by atoms with Gasteiger partial charge in [-0.15, -0.1) is 0 Å². The van der Waals surface area contributed by atoms with E-state index in [-0.39, 0.29) is 0 Å². The lowest BCUT2D eigenvalue weighted by molar-refractivity contribution is -0.704. The van der Waals surface area contributed by atoms with Crippen molar-refractivity contribution in [1.29, 1.82) is 0 Å². The summed E-state index contributed by atoms with van der Waals surface area (Å²) in [6.45, 7) is 9.38. The molecule has 1 rings (SSSR count). The molecule has 35 heavy (non-hydrogen) atoms. The molecule has 2 nitrogen and oxygen atoms in total. The van der Waals surface area contributed by atoms with Crippen molar-refractivity contribution >= 4 is 0 Å². The molecule has 1 aromatic heterocycles. The van der Waals surface area contributed by atoms with E-state index in [1.165, 1.54) is 174 Å². The molecular formula is C33H65N2+. The number of hydrogen-bond donors (Lipinski definition) is 0. The molecule has 0 bridgehead atoms. The zero-order valence-corrected chi connectivity index (χ0v) is 24.6. The smallest absolute Gasteiger partial charge is 0.234 e. The Balaban J connectivity index is 2.24. The molecule has 206 valence electrons. The SMILES string of the molecule is CCCCCCCCCCCCCC[n+]1ccn(CCCCCCCCCC)c1CCCCCC. The van der Waals surface area contributed by atoms with Crippen LogP contribution in [-0.4, -0.2) is 4.57 Å². The van der Waals surface area contributed by atoms with Crippen LogP contribution in [0.2, 0.25) is 0 Å². The molecule has 0 amide bonds. The fraction of sp³-hybridized carbons (Fsp3) is 0.909. The van der Waals surface area contributed by atoms with Crippen molar-refractivity contribution in [1.82, 2.24) is 4.57 Å². The van der Waals surface area contributed by atoms with Crippen LogP contribution in [-0.2, 0) is 19.5 Å². The van der Waals surface area contributed by atoms with Crippen LogP contribution < -0.4 is 4.57 Å². The first-order chi connectivity index (χ1) is 17.3. The predicted octanol–water partition coefficient (Wildman–Crippen LogP) is 10.7. The maximum absolute atomic E-state index is 2.60. The Morgan fingerprint density at radius 2 is 0.886 bits per heavy atom. The second-order valence-electron chi connectivity index (χ2n) is 11.3.